The molecule has 2 N–H and O–H groups in total. The second-order valence-electron chi connectivity index (χ2n) is 4.24. The fourth-order valence-electron chi connectivity index (χ4n) is 1.70. The molecule has 0 aromatic heterocycles. The molecule has 17 heavy (non-hydrogen) atoms. The first-order valence-corrected chi connectivity index (χ1v) is 6.98. The smallest absolute Gasteiger partial charge is 0.337 e. The summed E-state index contributed by atoms with van der Waals surface area (Å²) in [7, 11) is 0. The highest BCUT2D eigenvalue weighted by molar-refractivity contribution is 8.00. The normalized spacial score (nSPS) is 16.6. The molecule has 1 fully saturated rings. The van der Waals surface area contributed by atoms with Gasteiger partial charge in [0.1, 0.15) is 0 Å². The van der Waals surface area contributed by atoms with E-state index in [1.54, 1.807) is 12.1 Å². The van der Waals surface area contributed by atoms with Crippen LogP contribution in [0, 0.1) is 0 Å². The topological polar surface area (TPSA) is 49.3 Å². The summed E-state index contributed by atoms with van der Waals surface area (Å²) in [6.07, 6.45) is 4.46. The Morgan fingerprint density at radius 1 is 1.59 bits per heavy atom. The van der Waals surface area contributed by atoms with Crippen LogP contribution >= 0.6 is 23.4 Å². The average molecular weight is 272 g/mol. The molecule has 0 unspecified atom stereocenters. The van der Waals surface area contributed by atoms with E-state index in [0.717, 1.165) is 6.54 Å². The van der Waals surface area contributed by atoms with Gasteiger partial charge in [0.15, 0.2) is 0 Å². The summed E-state index contributed by atoms with van der Waals surface area (Å²) >= 11 is 7.72. The maximum atomic E-state index is 11.1. The van der Waals surface area contributed by atoms with Gasteiger partial charge < -0.3 is 10.4 Å². The Bertz CT molecular complexity index is 446. The van der Waals surface area contributed by atoms with Crippen LogP contribution in [0.2, 0.25) is 5.02 Å². The van der Waals surface area contributed by atoms with Crippen LogP contribution in [0.25, 0.3) is 0 Å². The molecule has 1 aliphatic carbocycles. The van der Waals surface area contributed by atoms with Gasteiger partial charge in [-0.15, -0.1) is 0 Å². The van der Waals surface area contributed by atoms with E-state index in [1.807, 2.05) is 11.8 Å². The zero-order chi connectivity index (χ0) is 12.5. The van der Waals surface area contributed by atoms with Crippen LogP contribution in [0.1, 0.15) is 23.2 Å². The fraction of sp³-hybridized carbons (Fsp3) is 0.417. The molecule has 0 atom stereocenters. The molecule has 1 aromatic rings. The van der Waals surface area contributed by atoms with E-state index < -0.39 is 5.97 Å². The van der Waals surface area contributed by atoms with E-state index in [9.17, 15) is 4.79 Å². The van der Waals surface area contributed by atoms with Crippen molar-refractivity contribution in [1.82, 2.24) is 0 Å². The number of nitrogens with one attached hydrogen (secondary N) is 1. The van der Waals surface area contributed by atoms with Gasteiger partial charge in [-0.2, -0.15) is 11.8 Å². The van der Waals surface area contributed by atoms with Crippen molar-refractivity contribution in [3.63, 3.8) is 0 Å². The molecular weight excluding hydrogens is 258 g/mol. The lowest BCUT2D eigenvalue weighted by molar-refractivity contribution is 0.0698. The van der Waals surface area contributed by atoms with Crippen molar-refractivity contribution in [2.45, 2.75) is 17.6 Å². The highest BCUT2D eigenvalue weighted by atomic mass is 35.5. The number of benzene rings is 1. The van der Waals surface area contributed by atoms with E-state index >= 15 is 0 Å². The zero-order valence-corrected chi connectivity index (χ0v) is 11.1. The van der Waals surface area contributed by atoms with Gasteiger partial charge in [0, 0.05) is 16.3 Å². The Labute approximate surface area is 110 Å². The third kappa shape index (κ3) is 2.87. The molecule has 0 amide bonds. The largest absolute Gasteiger partial charge is 0.478 e. The predicted molar refractivity (Wildman–Crippen MR) is 72.4 cm³/mol. The van der Waals surface area contributed by atoms with Crippen LogP contribution in [0.15, 0.2) is 18.2 Å². The first-order chi connectivity index (χ1) is 8.06. The zero-order valence-electron chi connectivity index (χ0n) is 9.50. The van der Waals surface area contributed by atoms with Crippen LogP contribution in [0.3, 0.4) is 0 Å². The summed E-state index contributed by atoms with van der Waals surface area (Å²) in [4.78, 5) is 11.1. The molecule has 1 saturated carbocycles. The van der Waals surface area contributed by atoms with Gasteiger partial charge in [0.25, 0.3) is 0 Å². The molecule has 0 bridgehead atoms. The maximum Gasteiger partial charge on any atom is 0.337 e. The molecule has 0 aliphatic heterocycles. The first kappa shape index (κ1) is 12.6. The summed E-state index contributed by atoms with van der Waals surface area (Å²) in [6.45, 7) is 0.786. The lowest BCUT2D eigenvalue weighted by Gasteiger charge is -2.15. The Hall–Kier alpha value is -0.870. The van der Waals surface area contributed by atoms with Gasteiger partial charge in [-0.3, -0.25) is 0 Å². The van der Waals surface area contributed by atoms with E-state index in [1.165, 1.54) is 18.9 Å². The molecule has 5 heteroatoms. The second-order valence-corrected chi connectivity index (χ2v) is 5.95. The van der Waals surface area contributed by atoms with Gasteiger partial charge in [0.05, 0.1) is 11.3 Å². The molecule has 1 aromatic carbocycles. The highest BCUT2D eigenvalue weighted by Gasteiger charge is 2.41. The summed E-state index contributed by atoms with van der Waals surface area (Å²) in [6, 6.07) is 4.80. The standard InChI is InChI=1S/C12H14ClNO2S/c1-17-12(4-5-12)7-14-10-6-8(13)2-3-9(10)11(15)16/h2-3,6,14H,4-5,7H2,1H3,(H,15,16). The van der Waals surface area contributed by atoms with Crippen molar-refractivity contribution >= 4 is 35.0 Å². The monoisotopic (exact) mass is 271 g/mol. The van der Waals surface area contributed by atoms with Crippen molar-refractivity contribution in [2.75, 3.05) is 18.1 Å². The van der Waals surface area contributed by atoms with Gasteiger partial charge in [-0.05, 0) is 37.3 Å². The van der Waals surface area contributed by atoms with Crippen LogP contribution < -0.4 is 5.32 Å². The average Bonchev–Trinajstić information content (AvgIpc) is 3.07. The lowest BCUT2D eigenvalue weighted by atomic mass is 10.1. The number of carboxylic acid groups (broad SMARTS) is 1. The first-order valence-electron chi connectivity index (χ1n) is 5.38. The Morgan fingerprint density at radius 3 is 2.82 bits per heavy atom. The molecule has 0 radical (unpaired) electrons. The van der Waals surface area contributed by atoms with E-state index in [-0.39, 0.29) is 10.3 Å². The summed E-state index contributed by atoms with van der Waals surface area (Å²) in [5.74, 6) is -0.932. The minimum absolute atomic E-state index is 0.270. The highest BCUT2D eigenvalue weighted by Crippen LogP contribution is 2.47. The van der Waals surface area contributed by atoms with Crippen molar-refractivity contribution in [1.29, 1.82) is 0 Å². The molecule has 0 saturated heterocycles. The van der Waals surface area contributed by atoms with Crippen molar-refractivity contribution < 1.29 is 9.90 Å². The number of aromatic carboxylic acids is 1. The number of halogens is 1. The van der Waals surface area contributed by atoms with Crippen molar-refractivity contribution in [3.05, 3.63) is 28.8 Å². The van der Waals surface area contributed by atoms with E-state index in [0.29, 0.717) is 10.7 Å². The molecule has 92 valence electrons. The SMILES string of the molecule is CSC1(CNc2cc(Cl)ccc2C(=O)O)CC1. The minimum Gasteiger partial charge on any atom is -0.478 e. The maximum absolute atomic E-state index is 11.1. The quantitative estimate of drug-likeness (QED) is 0.862. The molecule has 0 heterocycles. The van der Waals surface area contributed by atoms with Gasteiger partial charge in [0.2, 0.25) is 0 Å². The Morgan fingerprint density at radius 2 is 2.29 bits per heavy atom. The number of hydrogen-bond acceptors (Lipinski definition) is 3. The summed E-state index contributed by atoms with van der Waals surface area (Å²) < 4.78 is 0.290. The molecular formula is C12H14ClNO2S. The molecule has 1 aliphatic rings. The molecule has 3 nitrogen and oxygen atoms in total. The fourth-order valence-corrected chi connectivity index (χ4v) is 2.60. The van der Waals surface area contributed by atoms with Gasteiger partial charge in [-0.25, -0.2) is 4.79 Å². The van der Waals surface area contributed by atoms with Gasteiger partial charge >= 0.3 is 5.97 Å². The Balaban J connectivity index is 2.13. The number of rotatable bonds is 5. The van der Waals surface area contributed by atoms with Crippen LogP contribution in [0.5, 0.6) is 0 Å². The predicted octanol–water partition coefficient (Wildman–Crippen LogP) is 3.35. The minimum atomic E-state index is -0.932. The number of hydrogen-bond donors (Lipinski definition) is 2. The third-order valence-electron chi connectivity index (χ3n) is 3.05. The summed E-state index contributed by atoms with van der Waals surface area (Å²) in [5, 5.41) is 12.8. The van der Waals surface area contributed by atoms with Crippen LogP contribution in [-0.4, -0.2) is 28.6 Å². The number of carboxylic acids is 1. The second kappa shape index (κ2) is 4.78. The molecule has 0 spiro atoms. The lowest BCUT2D eigenvalue weighted by Crippen LogP contribution is -2.18. The van der Waals surface area contributed by atoms with E-state index in [2.05, 4.69) is 11.6 Å². The number of thioether (sulfide) groups is 1. The van der Waals surface area contributed by atoms with Crippen molar-refractivity contribution in [2.24, 2.45) is 0 Å². The summed E-state index contributed by atoms with van der Waals surface area (Å²) in [5.41, 5.74) is 0.872. The van der Waals surface area contributed by atoms with Crippen molar-refractivity contribution in [3.8, 4) is 0 Å². The van der Waals surface area contributed by atoms with Gasteiger partial charge in [-0.1, -0.05) is 11.6 Å². The van der Waals surface area contributed by atoms with E-state index in [4.69, 9.17) is 16.7 Å². The van der Waals surface area contributed by atoms with Crippen LogP contribution in [0.4, 0.5) is 5.69 Å². The number of anilines is 1. The van der Waals surface area contributed by atoms with Crippen LogP contribution in [-0.2, 0) is 0 Å². The number of carbonyl (C=O) groups is 1. The molecule has 2 rings (SSSR count). The Kier molecular flexibility index (Phi) is 3.54. The third-order valence-corrected chi connectivity index (χ3v) is 4.71.